The van der Waals surface area contributed by atoms with E-state index in [2.05, 4.69) is 21.2 Å². The van der Waals surface area contributed by atoms with E-state index in [1.165, 1.54) is 0 Å². The van der Waals surface area contributed by atoms with Crippen LogP contribution in [0.5, 0.6) is 0 Å². The first-order valence-electron chi connectivity index (χ1n) is 3.82. The summed E-state index contributed by atoms with van der Waals surface area (Å²) in [4.78, 5) is 0. The largest absolute Gasteiger partial charge is 0.387 e. The molecule has 0 saturated heterocycles. The highest BCUT2D eigenvalue weighted by atomic mass is 79.9. The lowest BCUT2D eigenvalue weighted by Crippen LogP contribution is -2.16. The normalized spacial score (nSPS) is 12.9. The predicted octanol–water partition coefficient (Wildman–Crippen LogP) is 1.70. The molecule has 0 aliphatic rings. The maximum Gasteiger partial charge on any atom is 0.0914 e. The summed E-state index contributed by atoms with van der Waals surface area (Å²) in [6.45, 7) is 0.580. The van der Waals surface area contributed by atoms with Crippen LogP contribution in [0.25, 0.3) is 0 Å². The van der Waals surface area contributed by atoms with Gasteiger partial charge in [-0.15, -0.1) is 0 Å². The van der Waals surface area contributed by atoms with E-state index in [1.807, 2.05) is 31.3 Å². The Kier molecular flexibility index (Phi) is 3.72. The second-order valence-corrected chi connectivity index (χ2v) is 3.54. The molecule has 0 aromatic heterocycles. The zero-order valence-corrected chi connectivity index (χ0v) is 8.51. The number of aliphatic hydroxyl groups is 1. The number of hydrogen-bond acceptors (Lipinski definition) is 2. The highest BCUT2D eigenvalue weighted by Crippen LogP contribution is 2.17. The number of hydrogen-bond donors (Lipinski definition) is 2. The van der Waals surface area contributed by atoms with Gasteiger partial charge in [0.15, 0.2) is 0 Å². The summed E-state index contributed by atoms with van der Waals surface area (Å²) >= 11 is 3.35. The maximum atomic E-state index is 9.56. The number of nitrogens with one attached hydrogen (secondary N) is 1. The quantitative estimate of drug-likeness (QED) is 0.828. The summed E-state index contributed by atoms with van der Waals surface area (Å²) in [5, 5.41) is 12.5. The molecule has 0 heterocycles. The van der Waals surface area contributed by atoms with Crippen LogP contribution in [-0.4, -0.2) is 18.7 Å². The van der Waals surface area contributed by atoms with Crippen LogP contribution < -0.4 is 5.32 Å². The number of likely N-dealkylation sites (N-methyl/N-ethyl adjacent to an activating group) is 1. The van der Waals surface area contributed by atoms with Crippen molar-refractivity contribution in [2.75, 3.05) is 13.6 Å². The minimum Gasteiger partial charge on any atom is -0.387 e. The van der Waals surface area contributed by atoms with Crippen LogP contribution in [0.15, 0.2) is 28.7 Å². The molecule has 0 unspecified atom stereocenters. The molecule has 1 rings (SSSR count). The van der Waals surface area contributed by atoms with Gasteiger partial charge in [-0.3, -0.25) is 0 Å². The zero-order chi connectivity index (χ0) is 8.97. The fourth-order valence-electron chi connectivity index (χ4n) is 1.03. The zero-order valence-electron chi connectivity index (χ0n) is 6.92. The molecule has 3 heteroatoms. The summed E-state index contributed by atoms with van der Waals surface area (Å²) in [5.41, 5.74) is 0.929. The molecule has 0 aliphatic carbocycles. The van der Waals surface area contributed by atoms with Crippen molar-refractivity contribution in [1.82, 2.24) is 5.32 Å². The molecule has 0 spiro atoms. The molecule has 0 bridgehead atoms. The van der Waals surface area contributed by atoms with Gasteiger partial charge in [0.05, 0.1) is 6.10 Å². The van der Waals surface area contributed by atoms with Gasteiger partial charge >= 0.3 is 0 Å². The number of aliphatic hydroxyl groups excluding tert-OH is 1. The van der Waals surface area contributed by atoms with Crippen molar-refractivity contribution in [1.29, 1.82) is 0 Å². The first-order chi connectivity index (χ1) is 5.74. The van der Waals surface area contributed by atoms with E-state index in [9.17, 15) is 5.11 Å². The van der Waals surface area contributed by atoms with Crippen LogP contribution in [0.1, 0.15) is 11.7 Å². The Morgan fingerprint density at radius 2 is 2.33 bits per heavy atom. The Bertz CT molecular complexity index is 252. The van der Waals surface area contributed by atoms with E-state index in [1.54, 1.807) is 0 Å². The fraction of sp³-hybridized carbons (Fsp3) is 0.333. The molecule has 66 valence electrons. The van der Waals surface area contributed by atoms with Crippen LogP contribution in [0.3, 0.4) is 0 Å². The lowest BCUT2D eigenvalue weighted by molar-refractivity contribution is 0.177. The summed E-state index contributed by atoms with van der Waals surface area (Å²) < 4.78 is 0.996. The Hall–Kier alpha value is -0.380. The predicted molar refractivity (Wildman–Crippen MR) is 53.0 cm³/mol. The molecule has 0 radical (unpaired) electrons. The van der Waals surface area contributed by atoms with Crippen molar-refractivity contribution < 1.29 is 5.11 Å². The van der Waals surface area contributed by atoms with Crippen LogP contribution in [0.2, 0.25) is 0 Å². The SMILES string of the molecule is CNC[C@H](O)c1cccc(Br)c1. The third-order valence-corrected chi connectivity index (χ3v) is 2.12. The van der Waals surface area contributed by atoms with Crippen molar-refractivity contribution in [3.05, 3.63) is 34.3 Å². The summed E-state index contributed by atoms with van der Waals surface area (Å²) in [7, 11) is 1.82. The van der Waals surface area contributed by atoms with E-state index in [-0.39, 0.29) is 0 Å². The van der Waals surface area contributed by atoms with Gasteiger partial charge in [-0.25, -0.2) is 0 Å². The van der Waals surface area contributed by atoms with Gasteiger partial charge in [0.2, 0.25) is 0 Å². The smallest absolute Gasteiger partial charge is 0.0914 e. The van der Waals surface area contributed by atoms with Gasteiger partial charge in [0, 0.05) is 11.0 Å². The molecule has 0 amide bonds. The summed E-state index contributed by atoms with van der Waals surface area (Å²) in [5.74, 6) is 0. The fourth-order valence-corrected chi connectivity index (χ4v) is 1.44. The minimum atomic E-state index is -0.424. The third-order valence-electron chi connectivity index (χ3n) is 1.63. The lowest BCUT2D eigenvalue weighted by atomic mass is 10.1. The molecule has 1 aromatic carbocycles. The average molecular weight is 230 g/mol. The summed E-state index contributed by atoms with van der Waals surface area (Å²) in [6.07, 6.45) is -0.424. The van der Waals surface area contributed by atoms with Gasteiger partial charge in [-0.1, -0.05) is 28.1 Å². The van der Waals surface area contributed by atoms with Gasteiger partial charge < -0.3 is 10.4 Å². The number of halogens is 1. The van der Waals surface area contributed by atoms with Crippen LogP contribution >= 0.6 is 15.9 Å². The molecule has 12 heavy (non-hydrogen) atoms. The molecular weight excluding hydrogens is 218 g/mol. The van der Waals surface area contributed by atoms with Crippen LogP contribution in [-0.2, 0) is 0 Å². The monoisotopic (exact) mass is 229 g/mol. The highest BCUT2D eigenvalue weighted by molar-refractivity contribution is 9.10. The Labute approximate surface area is 80.7 Å². The molecule has 2 nitrogen and oxygen atoms in total. The van der Waals surface area contributed by atoms with Gasteiger partial charge in [-0.05, 0) is 24.7 Å². The van der Waals surface area contributed by atoms with E-state index in [4.69, 9.17) is 0 Å². The van der Waals surface area contributed by atoms with Crippen molar-refractivity contribution >= 4 is 15.9 Å². The van der Waals surface area contributed by atoms with Gasteiger partial charge in [0.25, 0.3) is 0 Å². The van der Waals surface area contributed by atoms with Gasteiger partial charge in [-0.2, -0.15) is 0 Å². The van der Waals surface area contributed by atoms with E-state index >= 15 is 0 Å². The van der Waals surface area contributed by atoms with E-state index in [0.717, 1.165) is 10.0 Å². The molecule has 1 aromatic rings. The lowest BCUT2D eigenvalue weighted by Gasteiger charge is -2.09. The molecule has 2 N–H and O–H groups in total. The topological polar surface area (TPSA) is 32.3 Å². The molecule has 1 atom stereocenters. The molecule has 0 fully saturated rings. The van der Waals surface area contributed by atoms with E-state index in [0.29, 0.717) is 6.54 Å². The molecule has 0 saturated carbocycles. The first kappa shape index (κ1) is 9.71. The number of rotatable bonds is 3. The van der Waals surface area contributed by atoms with Crippen molar-refractivity contribution in [2.24, 2.45) is 0 Å². The van der Waals surface area contributed by atoms with Crippen molar-refractivity contribution in [3.8, 4) is 0 Å². The average Bonchev–Trinajstić information content (AvgIpc) is 2.05. The standard InChI is InChI=1S/C9H12BrNO/c1-11-6-9(12)7-3-2-4-8(10)5-7/h2-5,9,11-12H,6H2,1H3/t9-/m0/s1. The summed E-state index contributed by atoms with van der Waals surface area (Å²) in [6, 6.07) is 7.68. The highest BCUT2D eigenvalue weighted by Gasteiger charge is 2.04. The van der Waals surface area contributed by atoms with Crippen molar-refractivity contribution in [2.45, 2.75) is 6.10 Å². The van der Waals surface area contributed by atoms with Gasteiger partial charge in [0.1, 0.15) is 0 Å². The maximum absolute atomic E-state index is 9.56. The molecular formula is C9H12BrNO. The van der Waals surface area contributed by atoms with Crippen LogP contribution in [0, 0.1) is 0 Å². The van der Waals surface area contributed by atoms with Crippen molar-refractivity contribution in [3.63, 3.8) is 0 Å². The van der Waals surface area contributed by atoms with Crippen LogP contribution in [0.4, 0.5) is 0 Å². The second kappa shape index (κ2) is 4.60. The number of benzene rings is 1. The Balaban J connectivity index is 2.73. The Morgan fingerprint density at radius 3 is 2.92 bits per heavy atom. The second-order valence-electron chi connectivity index (χ2n) is 2.63. The molecule has 0 aliphatic heterocycles. The first-order valence-corrected chi connectivity index (χ1v) is 4.61. The third kappa shape index (κ3) is 2.59. The minimum absolute atomic E-state index is 0.424. The Morgan fingerprint density at radius 1 is 1.58 bits per heavy atom. The van der Waals surface area contributed by atoms with E-state index < -0.39 is 6.10 Å².